The quantitative estimate of drug-likeness (QED) is 0.447. The van der Waals surface area contributed by atoms with Gasteiger partial charge in [-0.2, -0.15) is 0 Å². The largest absolute Gasteiger partial charge is 1.00 e. The van der Waals surface area contributed by atoms with Gasteiger partial charge in [0.1, 0.15) is 0 Å². The van der Waals surface area contributed by atoms with Gasteiger partial charge in [0.25, 0.3) is 0 Å². The second kappa shape index (κ2) is 6.95. The van der Waals surface area contributed by atoms with Crippen molar-refractivity contribution in [3.8, 4) is 5.75 Å². The molecule has 0 aliphatic carbocycles. The topological polar surface area (TPSA) is 52.4 Å². The Balaban J connectivity index is 0.00000256. The van der Waals surface area contributed by atoms with E-state index in [0.717, 1.165) is 6.07 Å². The molecule has 4 nitrogen and oxygen atoms in total. The predicted molar refractivity (Wildman–Crippen MR) is 52.7 cm³/mol. The van der Waals surface area contributed by atoms with E-state index in [1.165, 1.54) is 12.1 Å². The van der Waals surface area contributed by atoms with Crippen molar-refractivity contribution in [1.82, 2.24) is 0 Å². The van der Waals surface area contributed by atoms with Crippen LogP contribution in [0.5, 0.6) is 5.75 Å². The third-order valence-electron chi connectivity index (χ3n) is 1.56. The van der Waals surface area contributed by atoms with Crippen LogP contribution in [0.25, 0.3) is 0 Å². The van der Waals surface area contributed by atoms with Crippen molar-refractivity contribution >= 4 is 24.3 Å². The average molecular weight is 293 g/mol. The maximum atomic E-state index is 11.9. The summed E-state index contributed by atoms with van der Waals surface area (Å²) in [7, 11) is 0. The summed E-state index contributed by atoms with van der Waals surface area (Å²) in [4.78, 5) is 9.63. The standard InChI is InChI=1S/C7H5BClF3NO3.K/c9-5-2-1-3-6(13(14)15)7(5)16-4-8(10,11)12;/h1-3H,4H2;/q-1;+1. The minimum absolute atomic E-state index is 0. The zero-order valence-corrected chi connectivity index (χ0v) is 12.6. The number of nitro benzene ring substituents is 1. The number of hydrogen-bond acceptors (Lipinski definition) is 3. The van der Waals surface area contributed by atoms with Gasteiger partial charge in [-0.05, 0) is 6.07 Å². The summed E-state index contributed by atoms with van der Waals surface area (Å²) < 4.78 is 40.1. The molecule has 0 bridgehead atoms. The first kappa shape index (κ1) is 17.2. The zero-order chi connectivity index (χ0) is 12.3. The molecular formula is C7H5BClF3KNO3. The van der Waals surface area contributed by atoms with Gasteiger partial charge in [-0.3, -0.25) is 10.1 Å². The number of ether oxygens (including phenoxy) is 1. The number of benzene rings is 1. The summed E-state index contributed by atoms with van der Waals surface area (Å²) >= 11 is 5.51. The Kier molecular flexibility index (Phi) is 7.04. The van der Waals surface area contributed by atoms with Crippen LogP contribution in [0.3, 0.4) is 0 Å². The van der Waals surface area contributed by atoms with Gasteiger partial charge in [-0.1, -0.05) is 17.7 Å². The third kappa shape index (κ3) is 5.58. The first-order valence-electron chi connectivity index (χ1n) is 4.08. The zero-order valence-electron chi connectivity index (χ0n) is 8.70. The van der Waals surface area contributed by atoms with Crippen LogP contribution in [0.1, 0.15) is 0 Å². The summed E-state index contributed by atoms with van der Waals surface area (Å²) in [6.45, 7) is -6.75. The minimum Gasteiger partial charge on any atom is -0.516 e. The maximum absolute atomic E-state index is 11.9. The molecule has 17 heavy (non-hydrogen) atoms. The van der Waals surface area contributed by atoms with Crippen LogP contribution in [-0.2, 0) is 0 Å². The summed E-state index contributed by atoms with van der Waals surface area (Å²) in [5.74, 6) is -0.562. The monoisotopic (exact) mass is 293 g/mol. The molecule has 88 valence electrons. The van der Waals surface area contributed by atoms with Crippen molar-refractivity contribution < 1.29 is 74.0 Å². The second-order valence-corrected chi connectivity index (χ2v) is 3.27. The SMILES string of the molecule is O=[N+]([O-])c1cccc(Cl)c1OC[B-](F)(F)F.[K+]. The van der Waals surface area contributed by atoms with E-state index in [1.807, 2.05) is 0 Å². The molecule has 0 fully saturated rings. The number of halogens is 4. The van der Waals surface area contributed by atoms with Crippen molar-refractivity contribution in [2.45, 2.75) is 0 Å². The molecule has 0 aliphatic heterocycles. The molecule has 1 rings (SSSR count). The molecule has 1 aromatic rings. The van der Waals surface area contributed by atoms with Crippen LogP contribution in [0.15, 0.2) is 18.2 Å². The molecule has 0 N–H and O–H groups in total. The Bertz CT molecular complexity index is 418. The fraction of sp³-hybridized carbons (Fsp3) is 0.143. The Hall–Kier alpha value is 0.201. The fourth-order valence-electron chi connectivity index (χ4n) is 0.962. The Morgan fingerprint density at radius 1 is 1.41 bits per heavy atom. The molecule has 1 aromatic carbocycles. The Labute approximate surface area is 142 Å². The molecule has 0 saturated heterocycles. The van der Waals surface area contributed by atoms with Crippen molar-refractivity contribution in [3.05, 3.63) is 33.3 Å². The average Bonchev–Trinajstić information content (AvgIpc) is 2.13. The third-order valence-corrected chi connectivity index (χ3v) is 1.86. The predicted octanol–water partition coefficient (Wildman–Crippen LogP) is 0.0176. The van der Waals surface area contributed by atoms with Gasteiger partial charge in [-0.25, -0.2) is 0 Å². The fourth-order valence-corrected chi connectivity index (χ4v) is 1.19. The number of para-hydroxylation sites is 1. The van der Waals surface area contributed by atoms with Gasteiger partial charge in [0.15, 0.2) is 0 Å². The van der Waals surface area contributed by atoms with Crippen LogP contribution >= 0.6 is 11.6 Å². The smallest absolute Gasteiger partial charge is 0.516 e. The molecule has 0 unspecified atom stereocenters. The van der Waals surface area contributed by atoms with E-state index in [0.29, 0.717) is 0 Å². The molecule has 0 aliphatic rings. The van der Waals surface area contributed by atoms with E-state index in [9.17, 15) is 23.1 Å². The van der Waals surface area contributed by atoms with Gasteiger partial charge >= 0.3 is 64.0 Å². The van der Waals surface area contributed by atoms with E-state index in [1.54, 1.807) is 0 Å². The number of nitro groups is 1. The first-order chi connectivity index (χ1) is 7.31. The molecule has 0 saturated carbocycles. The van der Waals surface area contributed by atoms with Crippen molar-refractivity contribution in [2.75, 3.05) is 6.51 Å². The number of hydrogen-bond donors (Lipinski definition) is 0. The van der Waals surface area contributed by atoms with Crippen molar-refractivity contribution in [1.29, 1.82) is 0 Å². The molecular weight excluding hydrogens is 288 g/mol. The molecule has 0 amide bonds. The van der Waals surface area contributed by atoms with E-state index in [4.69, 9.17) is 11.6 Å². The summed E-state index contributed by atoms with van der Waals surface area (Å²) in [6.07, 6.45) is 0. The second-order valence-electron chi connectivity index (χ2n) is 2.87. The minimum atomic E-state index is -5.18. The molecule has 10 heteroatoms. The summed E-state index contributed by atoms with van der Waals surface area (Å²) in [6, 6.07) is 3.49. The van der Waals surface area contributed by atoms with Crippen molar-refractivity contribution in [2.24, 2.45) is 0 Å². The van der Waals surface area contributed by atoms with E-state index < -0.39 is 29.8 Å². The molecule has 0 atom stereocenters. The van der Waals surface area contributed by atoms with Crippen LogP contribution in [0.4, 0.5) is 18.6 Å². The van der Waals surface area contributed by atoms with Gasteiger partial charge in [0.2, 0.25) is 5.75 Å². The molecule has 0 spiro atoms. The van der Waals surface area contributed by atoms with Gasteiger partial charge in [-0.15, -0.1) is 0 Å². The van der Waals surface area contributed by atoms with Crippen molar-refractivity contribution in [3.63, 3.8) is 0 Å². The van der Waals surface area contributed by atoms with E-state index >= 15 is 0 Å². The van der Waals surface area contributed by atoms with Crippen LogP contribution in [0.2, 0.25) is 5.02 Å². The van der Waals surface area contributed by atoms with Crippen LogP contribution < -0.4 is 56.1 Å². The van der Waals surface area contributed by atoms with Gasteiger partial charge in [0, 0.05) is 6.07 Å². The van der Waals surface area contributed by atoms with Gasteiger partial charge < -0.3 is 17.7 Å². The van der Waals surface area contributed by atoms with Gasteiger partial charge in [0.05, 0.1) is 16.5 Å². The summed E-state index contributed by atoms with van der Waals surface area (Å²) in [5.41, 5.74) is -0.590. The molecule has 0 radical (unpaired) electrons. The number of rotatable bonds is 4. The molecule has 0 aromatic heterocycles. The van der Waals surface area contributed by atoms with E-state index in [2.05, 4.69) is 4.74 Å². The summed E-state index contributed by atoms with van der Waals surface area (Å²) in [5, 5.41) is 10.3. The van der Waals surface area contributed by atoms with Crippen LogP contribution in [-0.4, -0.2) is 18.4 Å². The Morgan fingerprint density at radius 3 is 2.47 bits per heavy atom. The van der Waals surface area contributed by atoms with E-state index in [-0.39, 0.29) is 56.4 Å². The normalized spacial score (nSPS) is 10.6. The molecule has 0 heterocycles. The maximum Gasteiger partial charge on any atom is 1.00 e. The number of nitrogens with zero attached hydrogens (tertiary/aromatic N) is 1. The van der Waals surface area contributed by atoms with Crippen LogP contribution in [0, 0.1) is 10.1 Å². The Morgan fingerprint density at radius 2 is 2.00 bits per heavy atom. The first-order valence-corrected chi connectivity index (χ1v) is 4.46.